The Labute approximate surface area is 189 Å². The van der Waals surface area contributed by atoms with Gasteiger partial charge in [0.05, 0.1) is 23.9 Å². The van der Waals surface area contributed by atoms with E-state index in [4.69, 9.17) is 0 Å². The Morgan fingerprint density at radius 3 is 2.47 bits per heavy atom. The summed E-state index contributed by atoms with van der Waals surface area (Å²) in [5.41, 5.74) is 3.16. The maximum absolute atomic E-state index is 13.4. The van der Waals surface area contributed by atoms with Gasteiger partial charge in [0.15, 0.2) is 0 Å². The summed E-state index contributed by atoms with van der Waals surface area (Å²) >= 11 is 0. The summed E-state index contributed by atoms with van der Waals surface area (Å²) in [5, 5.41) is 2.97. The first-order valence-corrected chi connectivity index (χ1v) is 11.2. The molecule has 1 saturated heterocycles. The number of likely N-dealkylation sites (N-methyl/N-ethyl adjacent to an activating group) is 1. The average molecular weight is 438 g/mol. The molecule has 4 rings (SSSR count). The molecule has 0 aliphatic carbocycles. The maximum Gasteiger partial charge on any atom is 0.322 e. The largest absolute Gasteiger partial charge is 0.339 e. The van der Waals surface area contributed by atoms with Crippen molar-refractivity contribution in [2.75, 3.05) is 52.4 Å². The Morgan fingerprint density at radius 1 is 1.16 bits per heavy atom. The van der Waals surface area contributed by atoms with Gasteiger partial charge in [0, 0.05) is 32.7 Å². The van der Waals surface area contributed by atoms with E-state index in [9.17, 15) is 14.4 Å². The minimum absolute atomic E-state index is 0.0225. The van der Waals surface area contributed by atoms with Crippen molar-refractivity contribution >= 4 is 17.8 Å². The van der Waals surface area contributed by atoms with Crippen molar-refractivity contribution in [3.8, 4) is 0 Å². The number of urea groups is 1. The van der Waals surface area contributed by atoms with Gasteiger partial charge < -0.3 is 20.0 Å². The molecule has 8 heteroatoms. The second kappa shape index (κ2) is 9.16. The van der Waals surface area contributed by atoms with E-state index in [-0.39, 0.29) is 30.9 Å². The quantitative estimate of drug-likeness (QED) is 0.685. The number of aryl methyl sites for hydroxylation is 1. The van der Waals surface area contributed by atoms with Gasteiger partial charge in [0.2, 0.25) is 5.91 Å². The molecule has 1 fully saturated rings. The van der Waals surface area contributed by atoms with Gasteiger partial charge in [-0.2, -0.15) is 0 Å². The van der Waals surface area contributed by atoms with Crippen molar-refractivity contribution < 1.29 is 14.4 Å². The number of benzene rings is 1. The highest BCUT2D eigenvalue weighted by Crippen LogP contribution is 2.36. The summed E-state index contributed by atoms with van der Waals surface area (Å²) in [6.45, 7) is 12.5. The monoisotopic (exact) mass is 437 g/mol. The average Bonchev–Trinajstić information content (AvgIpc) is 3.12. The molecule has 1 aromatic rings. The number of rotatable bonds is 6. The van der Waals surface area contributed by atoms with Crippen LogP contribution >= 0.6 is 0 Å². The molecule has 1 unspecified atom stereocenters. The molecule has 1 N–H and O–H groups in total. The number of piperazine rings is 1. The topological polar surface area (TPSA) is 76.2 Å². The van der Waals surface area contributed by atoms with Crippen LogP contribution in [0.15, 0.2) is 48.2 Å². The zero-order valence-corrected chi connectivity index (χ0v) is 18.8. The lowest BCUT2D eigenvalue weighted by Gasteiger charge is -2.34. The van der Waals surface area contributed by atoms with Gasteiger partial charge in [-0.3, -0.25) is 14.5 Å². The van der Waals surface area contributed by atoms with Crippen molar-refractivity contribution in [2.24, 2.45) is 0 Å². The highest BCUT2D eigenvalue weighted by Gasteiger charge is 2.44. The first-order chi connectivity index (χ1) is 15.4. The third kappa shape index (κ3) is 4.14. The second-order valence-corrected chi connectivity index (χ2v) is 8.53. The fourth-order valence-electron chi connectivity index (χ4n) is 4.58. The van der Waals surface area contributed by atoms with Gasteiger partial charge in [-0.15, -0.1) is 6.58 Å². The van der Waals surface area contributed by atoms with Crippen molar-refractivity contribution in [2.45, 2.75) is 19.9 Å². The Morgan fingerprint density at radius 2 is 1.84 bits per heavy atom. The SMILES string of the molecule is C=CCN1C(=O)NC(c2ccc(C)cc2)C2=C1CN(CC(=O)N1CCN(CC)CC1)C2=O. The molecule has 0 saturated carbocycles. The predicted octanol–water partition coefficient (Wildman–Crippen LogP) is 1.51. The summed E-state index contributed by atoms with van der Waals surface area (Å²) in [5.74, 6) is -0.240. The van der Waals surface area contributed by atoms with E-state index in [2.05, 4.69) is 23.7 Å². The Hall–Kier alpha value is -3.13. The molecule has 4 amide bonds. The molecule has 32 heavy (non-hydrogen) atoms. The van der Waals surface area contributed by atoms with E-state index in [0.29, 0.717) is 30.9 Å². The third-order valence-electron chi connectivity index (χ3n) is 6.52. The van der Waals surface area contributed by atoms with E-state index < -0.39 is 6.04 Å². The first kappa shape index (κ1) is 22.1. The lowest BCUT2D eigenvalue weighted by molar-refractivity contribution is -0.138. The zero-order chi connectivity index (χ0) is 22.8. The molecular weight excluding hydrogens is 406 g/mol. The van der Waals surface area contributed by atoms with Crippen molar-refractivity contribution in [3.05, 3.63) is 59.3 Å². The van der Waals surface area contributed by atoms with Gasteiger partial charge >= 0.3 is 6.03 Å². The van der Waals surface area contributed by atoms with Crippen LogP contribution in [0.3, 0.4) is 0 Å². The summed E-state index contributed by atoms with van der Waals surface area (Å²) in [6, 6.07) is 7.01. The van der Waals surface area contributed by atoms with Crippen LogP contribution in [0.1, 0.15) is 24.1 Å². The number of hydrogen-bond acceptors (Lipinski definition) is 4. The van der Waals surface area contributed by atoms with Crippen LogP contribution < -0.4 is 5.32 Å². The highest BCUT2D eigenvalue weighted by atomic mass is 16.2. The number of carbonyl (C=O) groups excluding carboxylic acids is 3. The van der Waals surface area contributed by atoms with Crippen LogP contribution in [0.4, 0.5) is 4.79 Å². The maximum atomic E-state index is 13.4. The van der Waals surface area contributed by atoms with Gasteiger partial charge in [0.25, 0.3) is 5.91 Å². The van der Waals surface area contributed by atoms with Crippen LogP contribution in [-0.4, -0.2) is 89.8 Å². The van der Waals surface area contributed by atoms with Gasteiger partial charge in [0.1, 0.15) is 6.54 Å². The van der Waals surface area contributed by atoms with Crippen LogP contribution in [0.2, 0.25) is 0 Å². The lowest BCUT2D eigenvalue weighted by Crippen LogP contribution is -2.51. The Bertz CT molecular complexity index is 947. The second-order valence-electron chi connectivity index (χ2n) is 8.53. The van der Waals surface area contributed by atoms with E-state index >= 15 is 0 Å². The minimum atomic E-state index is -0.528. The van der Waals surface area contributed by atoms with E-state index in [1.807, 2.05) is 36.1 Å². The Balaban J connectivity index is 1.55. The number of carbonyl (C=O) groups is 3. The molecule has 0 aromatic heterocycles. The molecule has 3 heterocycles. The standard InChI is InChI=1S/C24H31N5O3/c1-4-10-29-19-15-28(16-20(30)27-13-11-26(5-2)12-14-27)23(31)21(19)22(25-24(29)32)18-8-6-17(3)7-9-18/h4,6-9,22H,1,5,10-16H2,2-3H3,(H,25,32). The molecule has 0 spiro atoms. The molecule has 3 aliphatic rings. The minimum Gasteiger partial charge on any atom is -0.339 e. The van der Waals surface area contributed by atoms with E-state index in [1.54, 1.807) is 15.9 Å². The number of amides is 4. The van der Waals surface area contributed by atoms with Crippen molar-refractivity contribution in [1.29, 1.82) is 0 Å². The van der Waals surface area contributed by atoms with Crippen LogP contribution in [0.5, 0.6) is 0 Å². The van der Waals surface area contributed by atoms with Crippen molar-refractivity contribution in [3.63, 3.8) is 0 Å². The smallest absolute Gasteiger partial charge is 0.322 e. The molecule has 1 atom stereocenters. The molecule has 1 aromatic carbocycles. The van der Waals surface area contributed by atoms with Crippen LogP contribution in [0.25, 0.3) is 0 Å². The van der Waals surface area contributed by atoms with E-state index in [0.717, 1.165) is 30.8 Å². The summed E-state index contributed by atoms with van der Waals surface area (Å²) in [4.78, 5) is 46.5. The molecule has 0 radical (unpaired) electrons. The lowest BCUT2D eigenvalue weighted by atomic mass is 9.95. The fraction of sp³-hybridized carbons (Fsp3) is 0.458. The Kier molecular flexibility index (Phi) is 6.32. The van der Waals surface area contributed by atoms with Gasteiger partial charge in [-0.1, -0.05) is 42.8 Å². The van der Waals surface area contributed by atoms with Crippen LogP contribution in [-0.2, 0) is 9.59 Å². The summed E-state index contributed by atoms with van der Waals surface area (Å²) in [6.07, 6.45) is 1.64. The highest BCUT2D eigenvalue weighted by molar-refractivity contribution is 6.03. The van der Waals surface area contributed by atoms with Crippen molar-refractivity contribution in [1.82, 2.24) is 24.9 Å². The first-order valence-electron chi connectivity index (χ1n) is 11.2. The zero-order valence-electron chi connectivity index (χ0n) is 18.8. The van der Waals surface area contributed by atoms with Gasteiger partial charge in [-0.05, 0) is 19.0 Å². The summed E-state index contributed by atoms with van der Waals surface area (Å²) < 4.78 is 0. The molecule has 3 aliphatic heterocycles. The normalized spacial score (nSPS) is 21.7. The third-order valence-corrected chi connectivity index (χ3v) is 6.52. The van der Waals surface area contributed by atoms with Gasteiger partial charge in [-0.25, -0.2) is 4.79 Å². The van der Waals surface area contributed by atoms with Crippen LogP contribution in [0, 0.1) is 6.92 Å². The molecular formula is C24H31N5O3. The number of hydrogen-bond donors (Lipinski definition) is 1. The number of nitrogens with zero attached hydrogens (tertiary/aromatic N) is 4. The van der Waals surface area contributed by atoms with E-state index in [1.165, 1.54) is 0 Å². The number of nitrogens with one attached hydrogen (secondary N) is 1. The summed E-state index contributed by atoms with van der Waals surface area (Å²) in [7, 11) is 0. The fourth-order valence-corrected chi connectivity index (χ4v) is 4.58. The molecule has 8 nitrogen and oxygen atoms in total. The predicted molar refractivity (Wildman–Crippen MR) is 122 cm³/mol. The molecule has 0 bridgehead atoms. The molecule has 170 valence electrons.